The summed E-state index contributed by atoms with van der Waals surface area (Å²) >= 11 is 0. The van der Waals surface area contributed by atoms with Crippen LogP contribution in [0.25, 0.3) is 0 Å². The summed E-state index contributed by atoms with van der Waals surface area (Å²) in [6.07, 6.45) is 2.67. The SMILES string of the molecule is CC1CCCN(CCC(=O)N(C)CCC#N)C1=O. The van der Waals surface area contributed by atoms with E-state index >= 15 is 0 Å². The van der Waals surface area contributed by atoms with Crippen LogP contribution in [-0.4, -0.2) is 48.3 Å². The average molecular weight is 251 g/mol. The van der Waals surface area contributed by atoms with E-state index in [4.69, 9.17) is 5.26 Å². The van der Waals surface area contributed by atoms with Gasteiger partial charge in [0.2, 0.25) is 11.8 Å². The molecule has 2 amide bonds. The molecule has 5 heteroatoms. The molecule has 0 aromatic carbocycles. The van der Waals surface area contributed by atoms with E-state index in [-0.39, 0.29) is 17.7 Å². The maximum absolute atomic E-state index is 11.8. The largest absolute Gasteiger partial charge is 0.345 e. The van der Waals surface area contributed by atoms with Gasteiger partial charge in [-0.1, -0.05) is 6.92 Å². The number of carbonyl (C=O) groups excluding carboxylic acids is 2. The molecule has 0 aromatic rings. The van der Waals surface area contributed by atoms with Crippen LogP contribution in [0.15, 0.2) is 0 Å². The molecule has 1 atom stereocenters. The van der Waals surface area contributed by atoms with Crippen LogP contribution in [0.4, 0.5) is 0 Å². The maximum Gasteiger partial charge on any atom is 0.225 e. The molecule has 1 fully saturated rings. The fraction of sp³-hybridized carbons (Fsp3) is 0.769. The lowest BCUT2D eigenvalue weighted by Gasteiger charge is -2.30. The molecule has 0 saturated carbocycles. The molecule has 0 aromatic heterocycles. The van der Waals surface area contributed by atoms with Crippen molar-refractivity contribution in [3.8, 4) is 6.07 Å². The first-order valence-corrected chi connectivity index (χ1v) is 6.46. The first kappa shape index (κ1) is 14.5. The molecule has 1 saturated heterocycles. The van der Waals surface area contributed by atoms with Gasteiger partial charge in [0.1, 0.15) is 0 Å². The molecule has 0 radical (unpaired) electrons. The van der Waals surface area contributed by atoms with Gasteiger partial charge < -0.3 is 9.80 Å². The summed E-state index contributed by atoms with van der Waals surface area (Å²) in [6, 6.07) is 2.01. The third kappa shape index (κ3) is 4.02. The van der Waals surface area contributed by atoms with Crippen molar-refractivity contribution < 1.29 is 9.59 Å². The Labute approximate surface area is 108 Å². The number of likely N-dealkylation sites (tertiary alicyclic amines) is 1. The summed E-state index contributed by atoms with van der Waals surface area (Å²) in [6.45, 7) is 3.66. The fourth-order valence-corrected chi connectivity index (χ4v) is 2.12. The standard InChI is InChI=1S/C13H21N3O2/c1-11-5-3-9-16(13(11)18)10-6-12(17)15(2)8-4-7-14/h11H,3-6,8-10H2,1-2H3. The van der Waals surface area contributed by atoms with Crippen molar-refractivity contribution in [1.82, 2.24) is 9.80 Å². The van der Waals surface area contributed by atoms with Gasteiger partial charge >= 0.3 is 0 Å². The minimum atomic E-state index is -0.00345. The molecule has 0 aliphatic carbocycles. The Morgan fingerprint density at radius 2 is 2.33 bits per heavy atom. The van der Waals surface area contributed by atoms with Crippen LogP contribution in [0, 0.1) is 17.2 Å². The molecule has 1 aliphatic rings. The highest BCUT2D eigenvalue weighted by molar-refractivity contribution is 5.80. The highest BCUT2D eigenvalue weighted by Crippen LogP contribution is 2.17. The number of hydrogen-bond donors (Lipinski definition) is 0. The third-order valence-electron chi connectivity index (χ3n) is 3.38. The van der Waals surface area contributed by atoms with Crippen molar-refractivity contribution in [1.29, 1.82) is 5.26 Å². The van der Waals surface area contributed by atoms with Crippen LogP contribution >= 0.6 is 0 Å². The van der Waals surface area contributed by atoms with Crippen molar-refractivity contribution in [2.45, 2.75) is 32.6 Å². The van der Waals surface area contributed by atoms with Crippen LogP contribution in [0.1, 0.15) is 32.6 Å². The lowest BCUT2D eigenvalue weighted by Crippen LogP contribution is -2.42. The minimum absolute atomic E-state index is 0.00345. The van der Waals surface area contributed by atoms with Gasteiger partial charge in [0, 0.05) is 39.0 Å². The maximum atomic E-state index is 11.8. The number of amides is 2. The van der Waals surface area contributed by atoms with Crippen LogP contribution in [-0.2, 0) is 9.59 Å². The van der Waals surface area contributed by atoms with Crippen LogP contribution in [0.3, 0.4) is 0 Å². The zero-order valence-corrected chi connectivity index (χ0v) is 11.2. The summed E-state index contributed by atoms with van der Waals surface area (Å²) in [4.78, 5) is 26.9. The number of nitrogens with zero attached hydrogens (tertiary/aromatic N) is 3. The van der Waals surface area contributed by atoms with Crippen LogP contribution < -0.4 is 0 Å². The molecule has 5 nitrogen and oxygen atoms in total. The van der Waals surface area contributed by atoms with Crippen LogP contribution in [0.2, 0.25) is 0 Å². The highest BCUT2D eigenvalue weighted by Gasteiger charge is 2.25. The van der Waals surface area contributed by atoms with Gasteiger partial charge in [0.15, 0.2) is 0 Å². The first-order valence-electron chi connectivity index (χ1n) is 6.46. The highest BCUT2D eigenvalue weighted by atomic mass is 16.2. The van der Waals surface area contributed by atoms with Gasteiger partial charge in [-0.25, -0.2) is 0 Å². The molecule has 0 spiro atoms. The Balaban J connectivity index is 2.33. The zero-order chi connectivity index (χ0) is 13.5. The Morgan fingerprint density at radius 1 is 1.61 bits per heavy atom. The van der Waals surface area contributed by atoms with Crippen molar-refractivity contribution in [3.05, 3.63) is 0 Å². The number of carbonyl (C=O) groups is 2. The number of rotatable bonds is 5. The Bertz CT molecular complexity index is 349. The van der Waals surface area contributed by atoms with Crippen LogP contribution in [0.5, 0.6) is 0 Å². The van der Waals surface area contributed by atoms with E-state index in [1.165, 1.54) is 0 Å². The van der Waals surface area contributed by atoms with Crippen molar-refractivity contribution in [2.24, 2.45) is 5.92 Å². The third-order valence-corrected chi connectivity index (χ3v) is 3.38. The van der Waals surface area contributed by atoms with Gasteiger partial charge in [-0.3, -0.25) is 9.59 Å². The van der Waals surface area contributed by atoms with Gasteiger partial charge in [-0.05, 0) is 12.8 Å². The molecular weight excluding hydrogens is 230 g/mol. The van der Waals surface area contributed by atoms with Crippen molar-refractivity contribution in [3.63, 3.8) is 0 Å². The number of nitriles is 1. The van der Waals surface area contributed by atoms with E-state index in [0.29, 0.717) is 25.9 Å². The molecule has 0 N–H and O–H groups in total. The average Bonchev–Trinajstić information content (AvgIpc) is 2.37. The van der Waals surface area contributed by atoms with Gasteiger partial charge in [0.25, 0.3) is 0 Å². The lowest BCUT2D eigenvalue weighted by atomic mass is 9.99. The van der Waals surface area contributed by atoms with E-state index in [1.807, 2.05) is 13.0 Å². The lowest BCUT2D eigenvalue weighted by molar-refractivity contribution is -0.139. The molecule has 1 aliphatic heterocycles. The second-order valence-corrected chi connectivity index (χ2v) is 4.84. The quantitative estimate of drug-likeness (QED) is 0.732. The molecule has 100 valence electrons. The second kappa shape index (κ2) is 7.00. The van der Waals surface area contributed by atoms with Crippen molar-refractivity contribution in [2.75, 3.05) is 26.7 Å². The molecule has 1 unspecified atom stereocenters. The smallest absolute Gasteiger partial charge is 0.225 e. The summed E-state index contributed by atoms with van der Waals surface area (Å²) in [5.74, 6) is 0.246. The number of hydrogen-bond acceptors (Lipinski definition) is 3. The van der Waals surface area contributed by atoms with E-state index < -0.39 is 0 Å². The summed E-state index contributed by atoms with van der Waals surface area (Å²) in [5, 5.41) is 8.45. The van der Waals surface area contributed by atoms with E-state index in [1.54, 1.807) is 16.8 Å². The normalized spacial score (nSPS) is 19.5. The summed E-state index contributed by atoms with van der Waals surface area (Å²) in [5.41, 5.74) is 0. The summed E-state index contributed by atoms with van der Waals surface area (Å²) < 4.78 is 0. The van der Waals surface area contributed by atoms with E-state index in [2.05, 4.69) is 0 Å². The van der Waals surface area contributed by atoms with E-state index in [0.717, 1.165) is 19.4 Å². The topological polar surface area (TPSA) is 64.4 Å². The predicted octanol–water partition coefficient (Wildman–Crippen LogP) is 1.01. The first-order chi connectivity index (χ1) is 8.56. The van der Waals surface area contributed by atoms with Gasteiger partial charge in [-0.2, -0.15) is 5.26 Å². The van der Waals surface area contributed by atoms with E-state index in [9.17, 15) is 9.59 Å². The number of piperidine rings is 1. The summed E-state index contributed by atoms with van der Waals surface area (Å²) in [7, 11) is 1.69. The Kier molecular flexibility index (Phi) is 5.63. The second-order valence-electron chi connectivity index (χ2n) is 4.84. The van der Waals surface area contributed by atoms with Gasteiger partial charge in [-0.15, -0.1) is 0 Å². The molecule has 1 rings (SSSR count). The zero-order valence-electron chi connectivity index (χ0n) is 11.2. The predicted molar refractivity (Wildman–Crippen MR) is 67.5 cm³/mol. The Morgan fingerprint density at radius 3 is 3.00 bits per heavy atom. The molecule has 18 heavy (non-hydrogen) atoms. The fourth-order valence-electron chi connectivity index (χ4n) is 2.12. The van der Waals surface area contributed by atoms with Gasteiger partial charge in [0.05, 0.1) is 12.5 Å². The monoisotopic (exact) mass is 251 g/mol. The van der Waals surface area contributed by atoms with Crippen molar-refractivity contribution >= 4 is 11.8 Å². The molecular formula is C13H21N3O2. The minimum Gasteiger partial charge on any atom is -0.345 e. The Hall–Kier alpha value is -1.57. The molecule has 0 bridgehead atoms. The molecule has 1 heterocycles.